The van der Waals surface area contributed by atoms with Gasteiger partial charge in [0, 0.05) is 16.1 Å². The molecule has 0 radical (unpaired) electrons. The summed E-state index contributed by atoms with van der Waals surface area (Å²) >= 11 is 12.3. The van der Waals surface area contributed by atoms with E-state index >= 15 is 0 Å². The Labute approximate surface area is 225 Å². The van der Waals surface area contributed by atoms with Crippen molar-refractivity contribution in [2.45, 2.75) is 26.6 Å². The fourth-order valence-corrected chi connectivity index (χ4v) is 4.49. The quantitative estimate of drug-likeness (QED) is 0.202. The van der Waals surface area contributed by atoms with Gasteiger partial charge in [0.15, 0.2) is 5.65 Å². The Morgan fingerprint density at radius 2 is 1.66 bits per heavy atom. The van der Waals surface area contributed by atoms with Gasteiger partial charge in [0.05, 0.1) is 33.0 Å². The van der Waals surface area contributed by atoms with Crippen molar-refractivity contribution in [3.63, 3.8) is 0 Å². The fourth-order valence-electron chi connectivity index (χ4n) is 4.10. The van der Waals surface area contributed by atoms with E-state index in [0.717, 1.165) is 11.6 Å². The van der Waals surface area contributed by atoms with E-state index in [9.17, 15) is 17.6 Å². The summed E-state index contributed by atoms with van der Waals surface area (Å²) in [6, 6.07) is 16.8. The number of benzene rings is 3. The molecule has 194 valence electrons. The molecule has 0 aliphatic heterocycles. The first-order chi connectivity index (χ1) is 18.0. The number of pyridine rings is 1. The second-order valence-electron chi connectivity index (χ2n) is 8.70. The van der Waals surface area contributed by atoms with Crippen LogP contribution in [0.4, 0.5) is 17.6 Å². The van der Waals surface area contributed by atoms with Crippen molar-refractivity contribution in [1.82, 2.24) is 14.8 Å². The second kappa shape index (κ2) is 9.93. The molecule has 0 saturated carbocycles. The van der Waals surface area contributed by atoms with Crippen molar-refractivity contribution in [3.05, 3.63) is 105 Å². The van der Waals surface area contributed by atoms with Crippen LogP contribution in [0.5, 0.6) is 5.75 Å². The number of hydrogen-bond donors (Lipinski definition) is 0. The molecule has 5 rings (SSSR count). The molecular weight excluding hydrogens is 541 g/mol. The van der Waals surface area contributed by atoms with Crippen LogP contribution in [0.25, 0.3) is 28.0 Å². The molecule has 0 saturated heterocycles. The Hall–Kier alpha value is -3.62. The van der Waals surface area contributed by atoms with Crippen molar-refractivity contribution < 1.29 is 22.3 Å². The SMILES string of the molecule is Cc1ccc(-n2nc(C)c3c(C(F)(F)F)cc(-c4ccc(OCc5c(F)cccc5Cl)cc4)nc32)cc1Cl. The second-order valence-corrected chi connectivity index (χ2v) is 9.51. The van der Waals surface area contributed by atoms with Crippen LogP contribution >= 0.6 is 23.2 Å². The van der Waals surface area contributed by atoms with E-state index in [0.29, 0.717) is 22.0 Å². The number of hydrogen-bond acceptors (Lipinski definition) is 3. The van der Waals surface area contributed by atoms with Gasteiger partial charge in [-0.2, -0.15) is 18.3 Å². The maximum Gasteiger partial charge on any atom is 0.417 e. The first-order valence-electron chi connectivity index (χ1n) is 11.4. The van der Waals surface area contributed by atoms with Crippen LogP contribution in [-0.4, -0.2) is 14.8 Å². The van der Waals surface area contributed by atoms with E-state index in [1.165, 1.54) is 23.7 Å². The van der Waals surface area contributed by atoms with Gasteiger partial charge in [0.1, 0.15) is 18.2 Å². The lowest BCUT2D eigenvalue weighted by Gasteiger charge is -2.13. The third-order valence-corrected chi connectivity index (χ3v) is 6.87. The molecule has 2 heterocycles. The number of alkyl halides is 3. The van der Waals surface area contributed by atoms with E-state index in [1.807, 2.05) is 6.92 Å². The number of ether oxygens (including phenoxy) is 1. The first-order valence-corrected chi connectivity index (χ1v) is 12.2. The number of halogens is 6. The van der Waals surface area contributed by atoms with Crippen molar-refractivity contribution in [2.24, 2.45) is 0 Å². The molecule has 0 aliphatic rings. The van der Waals surface area contributed by atoms with Gasteiger partial charge in [-0.05, 0) is 74.0 Å². The highest BCUT2D eigenvalue weighted by molar-refractivity contribution is 6.31. The first kappa shape index (κ1) is 26.0. The lowest BCUT2D eigenvalue weighted by molar-refractivity contribution is -0.136. The number of nitrogens with zero attached hydrogens (tertiary/aromatic N) is 3. The van der Waals surface area contributed by atoms with Crippen molar-refractivity contribution in [2.75, 3.05) is 0 Å². The minimum atomic E-state index is -4.64. The molecule has 2 aromatic heterocycles. The summed E-state index contributed by atoms with van der Waals surface area (Å²) < 4.78 is 63.5. The van der Waals surface area contributed by atoms with Gasteiger partial charge in [0.2, 0.25) is 0 Å². The summed E-state index contributed by atoms with van der Waals surface area (Å²) in [5.41, 5.74) is 1.48. The zero-order valence-electron chi connectivity index (χ0n) is 20.1. The number of aryl methyl sites for hydroxylation is 2. The van der Waals surface area contributed by atoms with E-state index in [-0.39, 0.29) is 39.6 Å². The molecule has 3 aromatic carbocycles. The van der Waals surface area contributed by atoms with Crippen LogP contribution < -0.4 is 4.74 Å². The summed E-state index contributed by atoms with van der Waals surface area (Å²) in [5.74, 6) is -0.103. The van der Waals surface area contributed by atoms with Crippen molar-refractivity contribution in [1.29, 1.82) is 0 Å². The summed E-state index contributed by atoms with van der Waals surface area (Å²) in [4.78, 5) is 4.56. The Morgan fingerprint density at radius 1 is 0.921 bits per heavy atom. The normalized spacial score (nSPS) is 11.8. The molecule has 0 bridgehead atoms. The molecule has 5 aromatic rings. The molecule has 0 amide bonds. The van der Waals surface area contributed by atoms with Crippen LogP contribution in [0.3, 0.4) is 0 Å². The average Bonchev–Trinajstić information content (AvgIpc) is 3.21. The average molecular weight is 560 g/mol. The van der Waals surface area contributed by atoms with E-state index in [4.69, 9.17) is 27.9 Å². The van der Waals surface area contributed by atoms with Crippen molar-refractivity contribution in [3.8, 4) is 22.7 Å². The minimum Gasteiger partial charge on any atom is -0.489 e. The summed E-state index contributed by atoms with van der Waals surface area (Å²) in [5, 5.41) is 4.97. The Balaban J connectivity index is 1.55. The van der Waals surface area contributed by atoms with E-state index in [2.05, 4.69) is 10.1 Å². The Kier molecular flexibility index (Phi) is 6.79. The van der Waals surface area contributed by atoms with Crippen LogP contribution in [0, 0.1) is 19.7 Å². The molecule has 0 spiro atoms. The number of fused-ring (bicyclic) bond motifs is 1. The zero-order chi connectivity index (χ0) is 27.2. The monoisotopic (exact) mass is 559 g/mol. The fraction of sp³-hybridized carbons (Fsp3) is 0.143. The van der Waals surface area contributed by atoms with E-state index in [1.54, 1.807) is 48.5 Å². The highest BCUT2D eigenvalue weighted by Gasteiger charge is 2.36. The zero-order valence-corrected chi connectivity index (χ0v) is 21.6. The number of rotatable bonds is 5. The summed E-state index contributed by atoms with van der Waals surface area (Å²) in [6.07, 6.45) is -4.64. The van der Waals surface area contributed by atoms with Crippen LogP contribution in [-0.2, 0) is 12.8 Å². The van der Waals surface area contributed by atoms with Gasteiger partial charge >= 0.3 is 6.18 Å². The molecule has 4 nitrogen and oxygen atoms in total. The molecule has 0 aliphatic carbocycles. The minimum absolute atomic E-state index is 0.0572. The van der Waals surface area contributed by atoms with Gasteiger partial charge in [-0.1, -0.05) is 35.3 Å². The smallest absolute Gasteiger partial charge is 0.417 e. The maximum atomic E-state index is 14.2. The van der Waals surface area contributed by atoms with Crippen molar-refractivity contribution >= 4 is 34.2 Å². The van der Waals surface area contributed by atoms with E-state index < -0.39 is 17.6 Å². The van der Waals surface area contributed by atoms with Gasteiger partial charge in [-0.3, -0.25) is 0 Å². The predicted octanol–water partition coefficient (Wildman–Crippen LogP) is 8.75. The largest absolute Gasteiger partial charge is 0.489 e. The van der Waals surface area contributed by atoms with Crippen LogP contribution in [0.2, 0.25) is 10.0 Å². The van der Waals surface area contributed by atoms with Gasteiger partial charge in [0.25, 0.3) is 0 Å². The molecule has 10 heteroatoms. The highest BCUT2D eigenvalue weighted by Crippen LogP contribution is 2.39. The maximum absolute atomic E-state index is 14.2. The number of aromatic nitrogens is 3. The Morgan fingerprint density at radius 3 is 2.32 bits per heavy atom. The standard InChI is InChI=1S/C28H19Cl2F4N3O/c1-15-6-9-18(12-23(15)30)37-27-26(16(2)36-37)21(28(32,33)34)13-25(35-27)17-7-10-19(11-8-17)38-14-20-22(29)4-3-5-24(20)31/h3-13H,14H2,1-2H3. The third kappa shape index (κ3) is 4.93. The van der Waals surface area contributed by atoms with Gasteiger partial charge < -0.3 is 4.74 Å². The molecule has 0 N–H and O–H groups in total. The van der Waals surface area contributed by atoms with Gasteiger partial charge in [-0.25, -0.2) is 14.1 Å². The summed E-state index contributed by atoms with van der Waals surface area (Å²) in [6.45, 7) is 3.24. The Bertz CT molecular complexity index is 1640. The lowest BCUT2D eigenvalue weighted by Crippen LogP contribution is -2.08. The lowest BCUT2D eigenvalue weighted by atomic mass is 10.0. The molecule has 38 heavy (non-hydrogen) atoms. The molecular formula is C28H19Cl2F4N3O. The molecule has 0 unspecified atom stereocenters. The molecule has 0 atom stereocenters. The van der Waals surface area contributed by atoms with Gasteiger partial charge in [-0.15, -0.1) is 0 Å². The highest BCUT2D eigenvalue weighted by atomic mass is 35.5. The topological polar surface area (TPSA) is 39.9 Å². The third-order valence-electron chi connectivity index (χ3n) is 6.11. The summed E-state index contributed by atoms with van der Waals surface area (Å²) in [7, 11) is 0. The molecule has 0 fully saturated rings. The van der Waals surface area contributed by atoms with Crippen LogP contribution in [0.1, 0.15) is 22.4 Å². The van der Waals surface area contributed by atoms with Crippen LogP contribution in [0.15, 0.2) is 66.7 Å². The predicted molar refractivity (Wildman–Crippen MR) is 140 cm³/mol.